The van der Waals surface area contributed by atoms with Crippen molar-refractivity contribution in [2.75, 3.05) is 0 Å². The van der Waals surface area contributed by atoms with Crippen molar-refractivity contribution < 1.29 is 9.59 Å². The molecule has 1 rings (SSSR count). The highest BCUT2D eigenvalue weighted by atomic mass is 16.2. The average molecular weight is 274 g/mol. The van der Waals surface area contributed by atoms with Crippen LogP contribution in [0.15, 0.2) is 16.4 Å². The predicted octanol–water partition coefficient (Wildman–Crippen LogP) is 3.30. The molecule has 0 aromatic heterocycles. The molecule has 0 radical (unpaired) electrons. The van der Waals surface area contributed by atoms with E-state index >= 15 is 0 Å². The molecule has 6 heteroatoms. The van der Waals surface area contributed by atoms with Crippen LogP contribution in [0.4, 0.5) is 0 Å². The molecule has 6 nitrogen and oxygen atoms in total. The monoisotopic (exact) mass is 274 g/mol. The molecule has 0 bridgehead atoms. The van der Waals surface area contributed by atoms with Crippen molar-refractivity contribution in [2.24, 2.45) is 21.4 Å². The molecule has 0 fully saturated rings. The third-order valence-electron chi connectivity index (χ3n) is 3.55. The van der Waals surface area contributed by atoms with Crippen LogP contribution in [0.1, 0.15) is 41.5 Å². The van der Waals surface area contributed by atoms with E-state index in [2.05, 4.69) is 10.0 Å². The van der Waals surface area contributed by atoms with Gasteiger partial charge in [-0.3, -0.25) is 9.59 Å². The molecule has 0 amide bonds. The molecule has 1 atom stereocenters. The first-order chi connectivity index (χ1) is 8.95. The number of hydrogen-bond acceptors (Lipinski definition) is 4. The Balaban J connectivity index is 3.77. The van der Waals surface area contributed by atoms with Crippen LogP contribution in [0.5, 0.6) is 0 Å². The van der Waals surface area contributed by atoms with Crippen LogP contribution in [0, 0.1) is 27.6 Å². The Morgan fingerprint density at radius 2 is 1.65 bits per heavy atom. The summed E-state index contributed by atoms with van der Waals surface area (Å²) in [7, 11) is 0. The van der Waals surface area contributed by atoms with Gasteiger partial charge in [-0.1, -0.05) is 46.7 Å². The number of ketones is 2. The lowest BCUT2D eigenvalue weighted by Crippen LogP contribution is -2.45. The highest BCUT2D eigenvalue weighted by molar-refractivity contribution is 6.30. The van der Waals surface area contributed by atoms with Crippen LogP contribution >= 0.6 is 0 Å². The van der Waals surface area contributed by atoms with Gasteiger partial charge in [-0.15, -0.1) is 0 Å². The third-order valence-corrected chi connectivity index (χ3v) is 3.55. The average Bonchev–Trinajstić information content (AvgIpc) is 2.47. The maximum absolute atomic E-state index is 12.8. The van der Waals surface area contributed by atoms with Crippen molar-refractivity contribution in [1.29, 1.82) is 5.26 Å². The summed E-state index contributed by atoms with van der Waals surface area (Å²) in [6, 6.07) is 1.88. The second-order valence-electron chi connectivity index (χ2n) is 6.93. The molecule has 0 spiro atoms. The molecule has 0 saturated carbocycles. The molecule has 0 aliphatic heterocycles. The SMILES string of the molecule is CC(C)(C)C1=C(N=[N+]=[N-])C(=O)C(C#N)(C(C)(C)C)C1=O. The number of rotatable bonds is 1. The minimum absolute atomic E-state index is 0.136. The first kappa shape index (κ1) is 15.9. The van der Waals surface area contributed by atoms with Gasteiger partial charge in [0.1, 0.15) is 0 Å². The maximum atomic E-state index is 12.8. The van der Waals surface area contributed by atoms with Crippen LogP contribution < -0.4 is 0 Å². The van der Waals surface area contributed by atoms with Gasteiger partial charge in [-0.05, 0) is 16.4 Å². The van der Waals surface area contributed by atoms with Crippen molar-refractivity contribution in [2.45, 2.75) is 41.5 Å². The molecule has 1 aliphatic carbocycles. The van der Waals surface area contributed by atoms with Crippen LogP contribution in [0.25, 0.3) is 10.4 Å². The summed E-state index contributed by atoms with van der Waals surface area (Å²) in [5.74, 6) is -1.24. The Morgan fingerprint density at radius 3 is 1.95 bits per heavy atom. The van der Waals surface area contributed by atoms with E-state index in [0.717, 1.165) is 0 Å². The summed E-state index contributed by atoms with van der Waals surface area (Å²) < 4.78 is 0. The molecule has 0 N–H and O–H groups in total. The molecule has 1 unspecified atom stereocenters. The van der Waals surface area contributed by atoms with Gasteiger partial charge in [0.15, 0.2) is 17.0 Å². The fourth-order valence-corrected chi connectivity index (χ4v) is 2.48. The number of azide groups is 1. The van der Waals surface area contributed by atoms with E-state index in [1.807, 2.05) is 6.07 Å². The lowest BCUT2D eigenvalue weighted by atomic mass is 9.63. The van der Waals surface area contributed by atoms with Gasteiger partial charge in [-0.2, -0.15) is 5.26 Å². The van der Waals surface area contributed by atoms with Crippen LogP contribution in [0.2, 0.25) is 0 Å². The number of nitrogens with zero attached hydrogens (tertiary/aromatic N) is 4. The van der Waals surface area contributed by atoms with Crippen molar-refractivity contribution in [3.8, 4) is 6.07 Å². The molecule has 0 saturated heterocycles. The first-order valence-electron chi connectivity index (χ1n) is 6.26. The van der Waals surface area contributed by atoms with Crippen LogP contribution in [0.3, 0.4) is 0 Å². The molecule has 106 valence electrons. The zero-order valence-electron chi connectivity index (χ0n) is 12.6. The fraction of sp³-hybridized carbons (Fsp3) is 0.643. The highest BCUT2D eigenvalue weighted by Gasteiger charge is 2.62. The predicted molar refractivity (Wildman–Crippen MR) is 73.1 cm³/mol. The largest absolute Gasteiger partial charge is 0.292 e. The molecule has 0 aromatic carbocycles. The van der Waals surface area contributed by atoms with Gasteiger partial charge >= 0.3 is 0 Å². The lowest BCUT2D eigenvalue weighted by molar-refractivity contribution is -0.136. The lowest BCUT2D eigenvalue weighted by Gasteiger charge is -2.33. The standard InChI is InChI=1S/C14H18N4O2/c1-12(2,3)8-9(17-18-16)11(20)14(7-15,10(8)19)13(4,5)6/h1-6H3. The van der Waals surface area contributed by atoms with Gasteiger partial charge in [-0.25, -0.2) is 0 Å². The van der Waals surface area contributed by atoms with Gasteiger partial charge in [0.2, 0.25) is 0 Å². The van der Waals surface area contributed by atoms with Crippen molar-refractivity contribution in [1.82, 2.24) is 0 Å². The van der Waals surface area contributed by atoms with Crippen LogP contribution in [-0.2, 0) is 9.59 Å². The minimum Gasteiger partial charge on any atom is -0.292 e. The summed E-state index contributed by atoms with van der Waals surface area (Å²) in [6.45, 7) is 10.2. The van der Waals surface area contributed by atoms with Gasteiger partial charge in [0.25, 0.3) is 0 Å². The molecule has 20 heavy (non-hydrogen) atoms. The summed E-state index contributed by atoms with van der Waals surface area (Å²) in [5.41, 5.74) is 5.16. The van der Waals surface area contributed by atoms with Gasteiger partial charge < -0.3 is 0 Å². The summed E-state index contributed by atoms with van der Waals surface area (Å²) in [4.78, 5) is 28.0. The quantitative estimate of drug-likeness (QED) is 0.317. The molecule has 0 aromatic rings. The van der Waals surface area contributed by atoms with Gasteiger partial charge in [0, 0.05) is 10.5 Å². The van der Waals surface area contributed by atoms with E-state index in [1.54, 1.807) is 41.5 Å². The second kappa shape index (κ2) is 4.46. The topological polar surface area (TPSA) is 107 Å². The zero-order valence-corrected chi connectivity index (χ0v) is 12.6. The summed E-state index contributed by atoms with van der Waals surface area (Å²) >= 11 is 0. The van der Waals surface area contributed by atoms with E-state index in [1.165, 1.54) is 0 Å². The number of carbonyl (C=O) groups excluding carboxylic acids is 2. The number of hydrogen-bond donors (Lipinski definition) is 0. The Hall–Kier alpha value is -2.12. The molecular formula is C14H18N4O2. The van der Waals surface area contributed by atoms with Crippen LogP contribution in [-0.4, -0.2) is 11.6 Å². The van der Waals surface area contributed by atoms with Crippen molar-refractivity contribution >= 4 is 11.6 Å². The highest BCUT2D eigenvalue weighted by Crippen LogP contribution is 2.51. The maximum Gasteiger partial charge on any atom is 0.194 e. The Morgan fingerprint density at radius 1 is 1.15 bits per heavy atom. The van der Waals surface area contributed by atoms with E-state index in [9.17, 15) is 14.9 Å². The molecule has 1 aliphatic rings. The second-order valence-corrected chi connectivity index (χ2v) is 6.93. The van der Waals surface area contributed by atoms with E-state index in [0.29, 0.717) is 0 Å². The Kier molecular flexibility index (Phi) is 3.56. The summed E-state index contributed by atoms with van der Waals surface area (Å²) in [6.07, 6.45) is 0. The molecular weight excluding hydrogens is 256 g/mol. The van der Waals surface area contributed by atoms with Crippen molar-refractivity contribution in [3.05, 3.63) is 21.7 Å². The number of nitriles is 1. The van der Waals surface area contributed by atoms with E-state index < -0.39 is 27.8 Å². The Labute approximate surface area is 118 Å². The minimum atomic E-state index is -1.82. The first-order valence-corrected chi connectivity index (χ1v) is 6.26. The fourth-order valence-electron chi connectivity index (χ4n) is 2.48. The Bertz CT molecular complexity index is 605. The normalized spacial score (nSPS) is 23.6. The van der Waals surface area contributed by atoms with Gasteiger partial charge in [0.05, 0.1) is 11.8 Å². The van der Waals surface area contributed by atoms with Crippen molar-refractivity contribution in [3.63, 3.8) is 0 Å². The third kappa shape index (κ3) is 1.91. The summed E-state index contributed by atoms with van der Waals surface area (Å²) in [5, 5.41) is 12.9. The smallest absolute Gasteiger partial charge is 0.194 e. The number of allylic oxidation sites excluding steroid dienone is 2. The number of Topliss-reactive ketones (excluding diaryl/α,β-unsaturated/α-hetero) is 2. The number of carbonyl (C=O) groups is 2. The van der Waals surface area contributed by atoms with E-state index in [-0.39, 0.29) is 11.3 Å². The molecule has 0 heterocycles. The van der Waals surface area contributed by atoms with E-state index in [4.69, 9.17) is 5.53 Å². The zero-order chi connectivity index (χ0) is 15.9.